The lowest BCUT2D eigenvalue weighted by atomic mass is 9.94. The third-order valence-corrected chi connectivity index (χ3v) is 2.55. The molecular formula is C13H21NO4. The SMILES string of the molecule is CC(C)CC(C)(O)CNCc1cc(C(=O)O)co1. The van der Waals surface area contributed by atoms with Crippen molar-refractivity contribution in [2.75, 3.05) is 6.54 Å². The van der Waals surface area contributed by atoms with Crippen molar-refractivity contribution in [2.45, 2.75) is 39.3 Å². The smallest absolute Gasteiger partial charge is 0.338 e. The Labute approximate surface area is 107 Å². The van der Waals surface area contributed by atoms with Crippen LogP contribution in [0.3, 0.4) is 0 Å². The average Bonchev–Trinajstić information content (AvgIpc) is 2.63. The molecule has 0 bridgehead atoms. The molecule has 0 spiro atoms. The van der Waals surface area contributed by atoms with Crippen LogP contribution in [0.15, 0.2) is 16.7 Å². The number of nitrogens with one attached hydrogen (secondary N) is 1. The average molecular weight is 255 g/mol. The van der Waals surface area contributed by atoms with Gasteiger partial charge in [0.1, 0.15) is 12.0 Å². The fourth-order valence-electron chi connectivity index (χ4n) is 1.99. The third kappa shape index (κ3) is 4.89. The number of carboxylic acid groups (broad SMARTS) is 1. The first kappa shape index (κ1) is 14.7. The maximum atomic E-state index is 10.6. The number of hydrogen-bond acceptors (Lipinski definition) is 4. The monoisotopic (exact) mass is 255 g/mol. The fourth-order valence-corrected chi connectivity index (χ4v) is 1.99. The van der Waals surface area contributed by atoms with Gasteiger partial charge in [-0.05, 0) is 25.3 Å². The van der Waals surface area contributed by atoms with Crippen molar-refractivity contribution in [3.8, 4) is 0 Å². The summed E-state index contributed by atoms with van der Waals surface area (Å²) in [7, 11) is 0. The second kappa shape index (κ2) is 6.02. The van der Waals surface area contributed by atoms with E-state index in [0.717, 1.165) is 0 Å². The van der Waals surface area contributed by atoms with Crippen LogP contribution in [0.1, 0.15) is 43.3 Å². The second-order valence-electron chi connectivity index (χ2n) is 5.31. The molecule has 18 heavy (non-hydrogen) atoms. The van der Waals surface area contributed by atoms with Crippen molar-refractivity contribution in [1.29, 1.82) is 0 Å². The summed E-state index contributed by atoms with van der Waals surface area (Å²) in [6.07, 6.45) is 1.92. The predicted octanol–water partition coefficient (Wildman–Crippen LogP) is 1.86. The lowest BCUT2D eigenvalue weighted by Crippen LogP contribution is -2.38. The summed E-state index contributed by atoms with van der Waals surface area (Å²) < 4.78 is 5.10. The van der Waals surface area contributed by atoms with Crippen LogP contribution in [0.4, 0.5) is 0 Å². The first-order valence-electron chi connectivity index (χ1n) is 6.04. The normalized spacial score (nSPS) is 14.7. The Kier molecular flexibility index (Phi) is 4.93. The van der Waals surface area contributed by atoms with E-state index in [-0.39, 0.29) is 5.56 Å². The maximum Gasteiger partial charge on any atom is 0.338 e. The predicted molar refractivity (Wildman–Crippen MR) is 67.5 cm³/mol. The van der Waals surface area contributed by atoms with Crippen LogP contribution in [0.2, 0.25) is 0 Å². The third-order valence-electron chi connectivity index (χ3n) is 2.55. The summed E-state index contributed by atoms with van der Waals surface area (Å²) in [5.74, 6) is -0.0337. The molecule has 102 valence electrons. The van der Waals surface area contributed by atoms with Gasteiger partial charge >= 0.3 is 5.97 Å². The van der Waals surface area contributed by atoms with Gasteiger partial charge in [0, 0.05) is 6.54 Å². The van der Waals surface area contributed by atoms with Gasteiger partial charge in [-0.25, -0.2) is 4.79 Å². The van der Waals surface area contributed by atoms with E-state index in [1.807, 2.05) is 0 Å². The van der Waals surface area contributed by atoms with E-state index < -0.39 is 11.6 Å². The van der Waals surface area contributed by atoms with Gasteiger partial charge in [-0.3, -0.25) is 0 Å². The minimum Gasteiger partial charge on any atom is -0.478 e. The van der Waals surface area contributed by atoms with Gasteiger partial charge in [0.15, 0.2) is 0 Å². The molecule has 5 heteroatoms. The molecule has 0 amide bonds. The summed E-state index contributed by atoms with van der Waals surface area (Å²) >= 11 is 0. The Bertz CT molecular complexity index is 395. The summed E-state index contributed by atoms with van der Waals surface area (Å²) in [4.78, 5) is 10.6. The number of carbonyl (C=O) groups is 1. The number of furan rings is 1. The molecule has 1 aromatic rings. The topological polar surface area (TPSA) is 82.7 Å². The van der Waals surface area contributed by atoms with Crippen LogP contribution in [-0.4, -0.2) is 28.3 Å². The van der Waals surface area contributed by atoms with E-state index >= 15 is 0 Å². The summed E-state index contributed by atoms with van der Waals surface area (Å²) in [6.45, 7) is 6.74. The lowest BCUT2D eigenvalue weighted by molar-refractivity contribution is 0.0379. The van der Waals surface area contributed by atoms with Gasteiger partial charge in [0.05, 0.1) is 17.7 Å². The van der Waals surface area contributed by atoms with E-state index in [4.69, 9.17) is 9.52 Å². The Morgan fingerprint density at radius 1 is 1.56 bits per heavy atom. The molecule has 3 N–H and O–H groups in total. The number of aliphatic hydroxyl groups is 1. The Hall–Kier alpha value is -1.33. The Morgan fingerprint density at radius 3 is 2.72 bits per heavy atom. The van der Waals surface area contributed by atoms with Gasteiger partial charge in [-0.15, -0.1) is 0 Å². The molecule has 0 aliphatic heterocycles. The van der Waals surface area contributed by atoms with Crippen molar-refractivity contribution in [3.63, 3.8) is 0 Å². The zero-order chi connectivity index (χ0) is 13.8. The van der Waals surface area contributed by atoms with Gasteiger partial charge in [-0.1, -0.05) is 13.8 Å². The van der Waals surface area contributed by atoms with Crippen molar-refractivity contribution < 1.29 is 19.4 Å². The van der Waals surface area contributed by atoms with Crippen LogP contribution in [0, 0.1) is 5.92 Å². The molecule has 5 nitrogen and oxygen atoms in total. The zero-order valence-electron chi connectivity index (χ0n) is 11.1. The maximum absolute atomic E-state index is 10.6. The molecule has 1 atom stereocenters. The molecule has 0 fully saturated rings. The molecule has 1 rings (SSSR count). The highest BCUT2D eigenvalue weighted by molar-refractivity contribution is 5.87. The van der Waals surface area contributed by atoms with Gasteiger partial charge in [0.2, 0.25) is 0 Å². The number of aromatic carboxylic acids is 1. The Balaban J connectivity index is 2.39. The molecule has 0 aliphatic carbocycles. The fraction of sp³-hybridized carbons (Fsp3) is 0.615. The van der Waals surface area contributed by atoms with E-state index in [0.29, 0.717) is 31.2 Å². The minimum atomic E-state index is -1.00. The molecule has 0 aliphatic rings. The largest absolute Gasteiger partial charge is 0.478 e. The van der Waals surface area contributed by atoms with Crippen molar-refractivity contribution in [2.24, 2.45) is 5.92 Å². The molecule has 1 unspecified atom stereocenters. The molecule has 0 saturated carbocycles. The molecule has 1 heterocycles. The van der Waals surface area contributed by atoms with E-state index in [1.54, 1.807) is 6.92 Å². The number of rotatable bonds is 7. The molecule has 1 aromatic heterocycles. The quantitative estimate of drug-likeness (QED) is 0.692. The van der Waals surface area contributed by atoms with Crippen molar-refractivity contribution in [1.82, 2.24) is 5.32 Å². The van der Waals surface area contributed by atoms with E-state index in [1.165, 1.54) is 12.3 Å². The molecular weight excluding hydrogens is 234 g/mol. The summed E-state index contributed by atoms with van der Waals surface area (Å²) in [5.41, 5.74) is -0.628. The van der Waals surface area contributed by atoms with E-state index in [9.17, 15) is 9.90 Å². The highest BCUT2D eigenvalue weighted by atomic mass is 16.4. The second-order valence-corrected chi connectivity index (χ2v) is 5.31. The molecule has 0 saturated heterocycles. The van der Waals surface area contributed by atoms with Gasteiger partial charge in [0.25, 0.3) is 0 Å². The van der Waals surface area contributed by atoms with Crippen LogP contribution >= 0.6 is 0 Å². The summed E-state index contributed by atoms with van der Waals surface area (Å²) in [5, 5.41) is 21.9. The minimum absolute atomic E-state index is 0.140. The number of hydrogen-bond donors (Lipinski definition) is 3. The van der Waals surface area contributed by atoms with Crippen molar-refractivity contribution >= 4 is 5.97 Å². The number of carboxylic acids is 1. The van der Waals surface area contributed by atoms with Gasteiger partial charge < -0.3 is 19.9 Å². The lowest BCUT2D eigenvalue weighted by Gasteiger charge is -2.25. The Morgan fingerprint density at radius 2 is 2.22 bits per heavy atom. The first-order valence-corrected chi connectivity index (χ1v) is 6.04. The summed E-state index contributed by atoms with van der Waals surface area (Å²) in [6, 6.07) is 1.48. The molecule has 0 aromatic carbocycles. The standard InChI is InChI=1S/C13H21NO4/c1-9(2)5-13(3,17)8-14-6-11-4-10(7-18-11)12(15)16/h4,7,9,14,17H,5-6,8H2,1-3H3,(H,15,16). The van der Waals surface area contributed by atoms with Crippen LogP contribution < -0.4 is 5.32 Å². The van der Waals surface area contributed by atoms with Crippen LogP contribution in [-0.2, 0) is 6.54 Å². The highest BCUT2D eigenvalue weighted by Crippen LogP contribution is 2.15. The van der Waals surface area contributed by atoms with Crippen LogP contribution in [0.25, 0.3) is 0 Å². The molecule has 0 radical (unpaired) electrons. The van der Waals surface area contributed by atoms with Crippen LogP contribution in [0.5, 0.6) is 0 Å². The zero-order valence-corrected chi connectivity index (χ0v) is 11.1. The first-order chi connectivity index (χ1) is 8.30. The highest BCUT2D eigenvalue weighted by Gasteiger charge is 2.21. The van der Waals surface area contributed by atoms with E-state index in [2.05, 4.69) is 19.2 Å². The van der Waals surface area contributed by atoms with Crippen molar-refractivity contribution in [3.05, 3.63) is 23.7 Å². The van der Waals surface area contributed by atoms with Gasteiger partial charge in [-0.2, -0.15) is 0 Å².